The van der Waals surface area contributed by atoms with Crippen molar-refractivity contribution in [2.24, 2.45) is 5.92 Å². The lowest BCUT2D eigenvalue weighted by atomic mass is 9.98. The van der Waals surface area contributed by atoms with Crippen LogP contribution in [0.4, 0.5) is 0 Å². The molecule has 26 heavy (non-hydrogen) atoms. The Hall–Kier alpha value is -2.01. The summed E-state index contributed by atoms with van der Waals surface area (Å²) in [4.78, 5) is 2.60. The van der Waals surface area contributed by atoms with Crippen LogP contribution in [0.3, 0.4) is 0 Å². The third kappa shape index (κ3) is 3.88. The summed E-state index contributed by atoms with van der Waals surface area (Å²) in [6.45, 7) is 6.86. The van der Waals surface area contributed by atoms with Gasteiger partial charge in [0.2, 0.25) is 6.79 Å². The molecule has 0 N–H and O–H groups in total. The van der Waals surface area contributed by atoms with E-state index in [0.29, 0.717) is 18.8 Å². The van der Waals surface area contributed by atoms with Crippen LogP contribution in [-0.2, 0) is 6.42 Å². The first kappa shape index (κ1) is 17.4. The first-order chi connectivity index (χ1) is 12.7. The van der Waals surface area contributed by atoms with Crippen molar-refractivity contribution in [3.8, 4) is 11.5 Å². The molecule has 0 saturated carbocycles. The zero-order chi connectivity index (χ0) is 17.9. The van der Waals surface area contributed by atoms with Crippen molar-refractivity contribution < 1.29 is 14.0 Å². The normalized spacial score (nSPS) is 21.5. The molecule has 2 aliphatic rings. The molecular formula is C21H28N2O3. The Morgan fingerprint density at radius 1 is 1.15 bits per heavy atom. The molecule has 2 atom stereocenters. The van der Waals surface area contributed by atoms with Gasteiger partial charge in [-0.15, -0.1) is 0 Å². The van der Waals surface area contributed by atoms with E-state index in [-0.39, 0.29) is 0 Å². The van der Waals surface area contributed by atoms with E-state index >= 15 is 0 Å². The highest BCUT2D eigenvalue weighted by atomic mass is 16.7. The van der Waals surface area contributed by atoms with Gasteiger partial charge in [0.15, 0.2) is 17.3 Å². The van der Waals surface area contributed by atoms with Crippen molar-refractivity contribution in [2.45, 2.75) is 52.0 Å². The van der Waals surface area contributed by atoms with Crippen LogP contribution in [0.1, 0.15) is 55.7 Å². The number of fused-ring (bicyclic) bond motifs is 1. The van der Waals surface area contributed by atoms with E-state index in [1.165, 1.54) is 24.8 Å². The zero-order valence-electron chi connectivity index (χ0n) is 15.7. The minimum Gasteiger partial charge on any atom is -0.454 e. The van der Waals surface area contributed by atoms with Crippen molar-refractivity contribution in [1.82, 2.24) is 10.1 Å². The number of hydrogen-bond acceptors (Lipinski definition) is 5. The van der Waals surface area contributed by atoms with Gasteiger partial charge in [0.1, 0.15) is 0 Å². The fourth-order valence-electron chi connectivity index (χ4n) is 4.18. The Morgan fingerprint density at radius 2 is 2.04 bits per heavy atom. The second-order valence-corrected chi connectivity index (χ2v) is 7.73. The summed E-state index contributed by atoms with van der Waals surface area (Å²) in [6, 6.07) is 8.77. The molecule has 5 nitrogen and oxygen atoms in total. The van der Waals surface area contributed by atoms with Gasteiger partial charge in [-0.25, -0.2) is 0 Å². The molecular weight excluding hydrogens is 328 g/mol. The SMILES string of the molecule is Cc1cc([C@@H]2CCCCCN2C[C@H](C)Cc2ccc3c(c2)OCO3)on1. The summed E-state index contributed by atoms with van der Waals surface area (Å²) >= 11 is 0. The Bertz CT molecular complexity index is 743. The van der Waals surface area contributed by atoms with Crippen molar-refractivity contribution >= 4 is 0 Å². The molecule has 0 unspecified atom stereocenters. The molecule has 3 heterocycles. The van der Waals surface area contributed by atoms with Crippen molar-refractivity contribution in [3.05, 3.63) is 41.3 Å². The first-order valence-corrected chi connectivity index (χ1v) is 9.75. The number of nitrogens with zero attached hydrogens (tertiary/aromatic N) is 2. The third-order valence-electron chi connectivity index (χ3n) is 5.41. The number of aromatic nitrogens is 1. The van der Waals surface area contributed by atoms with E-state index < -0.39 is 0 Å². The van der Waals surface area contributed by atoms with E-state index in [0.717, 1.165) is 48.9 Å². The highest BCUT2D eigenvalue weighted by molar-refractivity contribution is 5.44. The molecule has 2 aromatic rings. The molecule has 1 aromatic carbocycles. The third-order valence-corrected chi connectivity index (χ3v) is 5.41. The fourth-order valence-corrected chi connectivity index (χ4v) is 4.18. The maximum Gasteiger partial charge on any atom is 0.231 e. The topological polar surface area (TPSA) is 47.7 Å². The summed E-state index contributed by atoms with van der Waals surface area (Å²) in [5.74, 6) is 3.31. The van der Waals surface area contributed by atoms with E-state index in [1.54, 1.807) is 0 Å². The highest BCUT2D eigenvalue weighted by Crippen LogP contribution is 2.34. The predicted octanol–water partition coefficient (Wildman–Crippen LogP) is 4.51. The van der Waals surface area contributed by atoms with Crippen LogP contribution in [0.25, 0.3) is 0 Å². The second-order valence-electron chi connectivity index (χ2n) is 7.73. The maximum absolute atomic E-state index is 5.62. The molecule has 2 aliphatic heterocycles. The second kappa shape index (κ2) is 7.70. The number of aryl methyl sites for hydroxylation is 1. The lowest BCUT2D eigenvalue weighted by molar-refractivity contribution is 0.147. The van der Waals surface area contributed by atoms with Crippen molar-refractivity contribution in [3.63, 3.8) is 0 Å². The minimum atomic E-state index is 0.334. The van der Waals surface area contributed by atoms with Gasteiger partial charge in [-0.3, -0.25) is 4.90 Å². The lowest BCUT2D eigenvalue weighted by Gasteiger charge is -2.30. The largest absolute Gasteiger partial charge is 0.454 e. The van der Waals surface area contributed by atoms with Crippen LogP contribution in [0, 0.1) is 12.8 Å². The van der Waals surface area contributed by atoms with E-state index in [9.17, 15) is 0 Å². The van der Waals surface area contributed by atoms with Gasteiger partial charge < -0.3 is 14.0 Å². The highest BCUT2D eigenvalue weighted by Gasteiger charge is 2.27. The smallest absolute Gasteiger partial charge is 0.231 e. The van der Waals surface area contributed by atoms with Gasteiger partial charge in [-0.2, -0.15) is 0 Å². The Labute approximate surface area is 155 Å². The lowest BCUT2D eigenvalue weighted by Crippen LogP contribution is -2.33. The van der Waals surface area contributed by atoms with Gasteiger partial charge in [-0.1, -0.05) is 31.0 Å². The Morgan fingerprint density at radius 3 is 2.88 bits per heavy atom. The average Bonchev–Trinajstić information content (AvgIpc) is 3.19. The van der Waals surface area contributed by atoms with E-state index in [4.69, 9.17) is 14.0 Å². The Kier molecular flexibility index (Phi) is 5.16. The molecule has 0 spiro atoms. The van der Waals surface area contributed by atoms with Crippen LogP contribution in [-0.4, -0.2) is 29.9 Å². The molecule has 4 rings (SSSR count). The number of likely N-dealkylation sites (tertiary alicyclic amines) is 1. The summed E-state index contributed by atoms with van der Waals surface area (Å²) in [5.41, 5.74) is 2.28. The van der Waals surface area contributed by atoms with Crippen LogP contribution >= 0.6 is 0 Å². The monoisotopic (exact) mass is 356 g/mol. The van der Waals surface area contributed by atoms with Crippen molar-refractivity contribution in [2.75, 3.05) is 19.9 Å². The van der Waals surface area contributed by atoms with Gasteiger partial charge in [0, 0.05) is 12.6 Å². The fraction of sp³-hybridized carbons (Fsp3) is 0.571. The molecule has 1 saturated heterocycles. The summed E-state index contributed by atoms with van der Waals surface area (Å²) in [6.07, 6.45) is 6.02. The van der Waals surface area contributed by atoms with Gasteiger partial charge in [0.25, 0.3) is 0 Å². The molecule has 140 valence electrons. The molecule has 0 bridgehead atoms. The molecule has 5 heteroatoms. The first-order valence-electron chi connectivity index (χ1n) is 9.75. The van der Waals surface area contributed by atoms with Gasteiger partial charge >= 0.3 is 0 Å². The molecule has 0 aliphatic carbocycles. The number of hydrogen-bond donors (Lipinski definition) is 0. The molecule has 0 radical (unpaired) electrons. The zero-order valence-corrected chi connectivity index (χ0v) is 15.7. The summed E-state index contributed by atoms with van der Waals surface area (Å²) in [5, 5.41) is 4.11. The minimum absolute atomic E-state index is 0.334. The number of benzene rings is 1. The van der Waals surface area contributed by atoms with E-state index in [2.05, 4.69) is 35.2 Å². The van der Waals surface area contributed by atoms with Crippen LogP contribution in [0.5, 0.6) is 11.5 Å². The average molecular weight is 356 g/mol. The van der Waals surface area contributed by atoms with Crippen molar-refractivity contribution in [1.29, 1.82) is 0 Å². The summed E-state index contributed by atoms with van der Waals surface area (Å²) in [7, 11) is 0. The number of ether oxygens (including phenoxy) is 2. The molecule has 1 aromatic heterocycles. The quantitative estimate of drug-likeness (QED) is 0.789. The standard InChI is InChI=1S/C21H28N2O3/c1-15(10-17-7-8-19-21(12-17)25-14-24-19)13-23-9-5-3-4-6-18(23)20-11-16(2)22-26-20/h7-8,11-12,15,18H,3-6,9-10,13-14H2,1-2H3/t15-,18+/m1/s1. The van der Waals surface area contributed by atoms with E-state index in [1.807, 2.05) is 13.0 Å². The predicted molar refractivity (Wildman–Crippen MR) is 99.5 cm³/mol. The van der Waals surface area contributed by atoms with Gasteiger partial charge in [-0.05, 0) is 56.3 Å². The van der Waals surface area contributed by atoms with Gasteiger partial charge in [0.05, 0.1) is 11.7 Å². The van der Waals surface area contributed by atoms with Crippen LogP contribution in [0.2, 0.25) is 0 Å². The van der Waals surface area contributed by atoms with Crippen LogP contribution in [0.15, 0.2) is 28.8 Å². The Balaban J connectivity index is 1.43. The number of rotatable bonds is 5. The summed E-state index contributed by atoms with van der Waals surface area (Å²) < 4.78 is 16.5. The maximum atomic E-state index is 5.62. The van der Waals surface area contributed by atoms with Crippen LogP contribution < -0.4 is 9.47 Å². The molecule has 0 amide bonds. The molecule has 1 fully saturated rings.